The first-order valence-electron chi connectivity index (χ1n) is 5.74. The number of carbonyl (C=O) groups is 1. The van der Waals surface area contributed by atoms with Crippen LogP contribution in [0.25, 0.3) is 0 Å². The van der Waals surface area contributed by atoms with Gasteiger partial charge in [-0.1, -0.05) is 12.1 Å². The standard InChI is InChI=1S/C15H14NO3/c1-18-12-8-9-13(14(10-12)19-2)15(17)16-11-6-4-3-5-7-11/h3-4,6-10H,1-2H3,(H,16,17). The summed E-state index contributed by atoms with van der Waals surface area (Å²) in [6, 6.07) is 15.0. The highest BCUT2D eigenvalue weighted by molar-refractivity contribution is 6.06. The summed E-state index contributed by atoms with van der Waals surface area (Å²) < 4.78 is 10.3. The van der Waals surface area contributed by atoms with E-state index in [1.54, 1.807) is 49.6 Å². The maximum atomic E-state index is 12.1. The molecule has 1 N–H and O–H groups in total. The molecular formula is C15H14NO3. The molecule has 0 aliphatic heterocycles. The number of benzene rings is 2. The van der Waals surface area contributed by atoms with E-state index in [1.807, 2.05) is 0 Å². The molecule has 0 aromatic heterocycles. The quantitative estimate of drug-likeness (QED) is 0.915. The van der Waals surface area contributed by atoms with E-state index in [-0.39, 0.29) is 5.91 Å². The lowest BCUT2D eigenvalue weighted by Gasteiger charge is -2.10. The van der Waals surface area contributed by atoms with Crippen LogP contribution in [0.3, 0.4) is 0 Å². The summed E-state index contributed by atoms with van der Waals surface area (Å²) in [6.07, 6.45) is 0. The van der Waals surface area contributed by atoms with Crippen LogP contribution in [0.2, 0.25) is 0 Å². The average molecular weight is 256 g/mol. The van der Waals surface area contributed by atoms with E-state index in [2.05, 4.69) is 11.4 Å². The van der Waals surface area contributed by atoms with Crippen LogP contribution in [-0.4, -0.2) is 20.1 Å². The van der Waals surface area contributed by atoms with Crippen LogP contribution >= 0.6 is 0 Å². The molecular weight excluding hydrogens is 242 g/mol. The fraction of sp³-hybridized carbons (Fsp3) is 0.133. The van der Waals surface area contributed by atoms with Crippen molar-refractivity contribution in [3.63, 3.8) is 0 Å². The van der Waals surface area contributed by atoms with Gasteiger partial charge in [-0.25, -0.2) is 0 Å². The molecule has 0 bridgehead atoms. The van der Waals surface area contributed by atoms with E-state index >= 15 is 0 Å². The van der Waals surface area contributed by atoms with Crippen LogP contribution in [0.15, 0.2) is 42.5 Å². The molecule has 0 aliphatic rings. The Morgan fingerprint density at radius 1 is 1.21 bits per heavy atom. The van der Waals surface area contributed by atoms with Gasteiger partial charge in [0.2, 0.25) is 0 Å². The molecule has 0 spiro atoms. The van der Waals surface area contributed by atoms with Crippen LogP contribution in [0.5, 0.6) is 11.5 Å². The molecule has 0 saturated heterocycles. The number of nitrogens with one attached hydrogen (secondary N) is 1. The minimum absolute atomic E-state index is 0.237. The number of hydrogen-bond acceptors (Lipinski definition) is 3. The molecule has 0 atom stereocenters. The third kappa shape index (κ3) is 3.04. The third-order valence-corrected chi connectivity index (χ3v) is 2.62. The highest BCUT2D eigenvalue weighted by atomic mass is 16.5. The van der Waals surface area contributed by atoms with Crippen molar-refractivity contribution in [3.05, 3.63) is 54.1 Å². The van der Waals surface area contributed by atoms with Crippen molar-refractivity contribution in [3.8, 4) is 11.5 Å². The first-order valence-corrected chi connectivity index (χ1v) is 5.74. The molecule has 1 amide bonds. The monoisotopic (exact) mass is 256 g/mol. The molecule has 2 aromatic carbocycles. The van der Waals surface area contributed by atoms with Crippen molar-refractivity contribution in [2.45, 2.75) is 0 Å². The van der Waals surface area contributed by atoms with Crippen molar-refractivity contribution >= 4 is 11.6 Å². The zero-order chi connectivity index (χ0) is 13.7. The van der Waals surface area contributed by atoms with E-state index in [1.165, 1.54) is 7.11 Å². The van der Waals surface area contributed by atoms with Gasteiger partial charge in [0.05, 0.1) is 19.8 Å². The number of anilines is 1. The fourth-order valence-electron chi connectivity index (χ4n) is 1.66. The largest absolute Gasteiger partial charge is 0.497 e. The van der Waals surface area contributed by atoms with Crippen LogP contribution in [-0.2, 0) is 0 Å². The molecule has 1 radical (unpaired) electrons. The normalized spacial score (nSPS) is 9.79. The molecule has 97 valence electrons. The van der Waals surface area contributed by atoms with E-state index in [9.17, 15) is 4.79 Å². The van der Waals surface area contributed by atoms with Gasteiger partial charge in [0.15, 0.2) is 0 Å². The lowest BCUT2D eigenvalue weighted by molar-refractivity contribution is 0.102. The number of ether oxygens (including phenoxy) is 2. The van der Waals surface area contributed by atoms with Crippen molar-refractivity contribution < 1.29 is 14.3 Å². The highest BCUT2D eigenvalue weighted by Crippen LogP contribution is 2.25. The molecule has 0 unspecified atom stereocenters. The van der Waals surface area contributed by atoms with Gasteiger partial charge in [-0.2, -0.15) is 0 Å². The van der Waals surface area contributed by atoms with Gasteiger partial charge < -0.3 is 14.8 Å². The van der Waals surface area contributed by atoms with Gasteiger partial charge in [0.1, 0.15) is 11.5 Å². The minimum Gasteiger partial charge on any atom is -0.497 e. The Hall–Kier alpha value is -2.49. The molecule has 4 heteroatoms. The predicted molar refractivity (Wildman–Crippen MR) is 72.8 cm³/mol. The second kappa shape index (κ2) is 5.91. The molecule has 0 aliphatic carbocycles. The van der Waals surface area contributed by atoms with Gasteiger partial charge in [0, 0.05) is 11.8 Å². The summed E-state index contributed by atoms with van der Waals surface area (Å²) in [5.74, 6) is 0.873. The number of carbonyl (C=O) groups excluding carboxylic acids is 1. The molecule has 0 saturated carbocycles. The van der Waals surface area contributed by atoms with E-state index < -0.39 is 0 Å². The van der Waals surface area contributed by atoms with Crippen LogP contribution in [0, 0.1) is 6.07 Å². The van der Waals surface area contributed by atoms with E-state index in [0.29, 0.717) is 22.7 Å². The number of hydrogen-bond donors (Lipinski definition) is 1. The Morgan fingerprint density at radius 3 is 2.68 bits per heavy atom. The lowest BCUT2D eigenvalue weighted by Crippen LogP contribution is -2.13. The van der Waals surface area contributed by atoms with Gasteiger partial charge >= 0.3 is 0 Å². The average Bonchev–Trinajstić information content (AvgIpc) is 2.47. The first kappa shape index (κ1) is 13.0. The Labute approximate surface area is 112 Å². The van der Waals surface area contributed by atoms with Crippen LogP contribution < -0.4 is 14.8 Å². The summed E-state index contributed by atoms with van der Waals surface area (Å²) in [6.45, 7) is 0. The Balaban J connectivity index is 2.24. The smallest absolute Gasteiger partial charge is 0.259 e. The maximum Gasteiger partial charge on any atom is 0.259 e. The molecule has 19 heavy (non-hydrogen) atoms. The van der Waals surface area contributed by atoms with Crippen molar-refractivity contribution in [1.82, 2.24) is 0 Å². The van der Waals surface area contributed by atoms with Crippen molar-refractivity contribution in [2.24, 2.45) is 0 Å². The van der Waals surface area contributed by atoms with Gasteiger partial charge in [-0.3, -0.25) is 4.79 Å². The van der Waals surface area contributed by atoms with E-state index in [4.69, 9.17) is 9.47 Å². The number of amides is 1. The molecule has 2 aromatic rings. The first-order chi connectivity index (χ1) is 9.24. The predicted octanol–water partition coefficient (Wildman–Crippen LogP) is 2.76. The van der Waals surface area contributed by atoms with Crippen molar-refractivity contribution in [2.75, 3.05) is 19.5 Å². The van der Waals surface area contributed by atoms with Gasteiger partial charge in [-0.05, 0) is 30.3 Å². The van der Waals surface area contributed by atoms with Gasteiger partial charge in [0.25, 0.3) is 5.91 Å². The lowest BCUT2D eigenvalue weighted by atomic mass is 10.1. The summed E-state index contributed by atoms with van der Waals surface area (Å²) in [5.41, 5.74) is 1.14. The highest BCUT2D eigenvalue weighted by Gasteiger charge is 2.13. The third-order valence-electron chi connectivity index (χ3n) is 2.62. The van der Waals surface area contributed by atoms with Gasteiger partial charge in [-0.15, -0.1) is 0 Å². The molecule has 2 rings (SSSR count). The summed E-state index contributed by atoms with van der Waals surface area (Å²) in [7, 11) is 3.08. The summed E-state index contributed by atoms with van der Waals surface area (Å²) in [5, 5.41) is 2.78. The number of methoxy groups -OCH3 is 2. The second-order valence-electron chi connectivity index (χ2n) is 3.81. The Morgan fingerprint density at radius 2 is 2.05 bits per heavy atom. The van der Waals surface area contributed by atoms with Crippen LogP contribution in [0.1, 0.15) is 10.4 Å². The van der Waals surface area contributed by atoms with E-state index in [0.717, 1.165) is 0 Å². The zero-order valence-corrected chi connectivity index (χ0v) is 10.8. The molecule has 0 heterocycles. The van der Waals surface area contributed by atoms with Crippen LogP contribution in [0.4, 0.5) is 5.69 Å². The fourth-order valence-corrected chi connectivity index (χ4v) is 1.66. The Bertz CT molecular complexity index is 567. The zero-order valence-electron chi connectivity index (χ0n) is 10.8. The Kier molecular flexibility index (Phi) is 4.03. The van der Waals surface area contributed by atoms with Crippen molar-refractivity contribution in [1.29, 1.82) is 0 Å². The second-order valence-corrected chi connectivity index (χ2v) is 3.81. The minimum atomic E-state index is -0.237. The molecule has 4 nitrogen and oxygen atoms in total. The topological polar surface area (TPSA) is 47.6 Å². The number of rotatable bonds is 4. The summed E-state index contributed by atoms with van der Waals surface area (Å²) in [4.78, 5) is 12.1. The maximum absolute atomic E-state index is 12.1. The SMILES string of the molecule is COc1ccc(C(=O)Nc2c[c]ccc2)c(OC)c1. The summed E-state index contributed by atoms with van der Waals surface area (Å²) >= 11 is 0. The molecule has 0 fully saturated rings.